The molecule has 0 aliphatic carbocycles. The fourth-order valence-corrected chi connectivity index (χ4v) is 1.61. The van der Waals surface area contributed by atoms with Gasteiger partial charge >= 0.3 is 6.09 Å². The first-order valence-corrected chi connectivity index (χ1v) is 7.00. The molecule has 0 spiro atoms. The van der Waals surface area contributed by atoms with E-state index in [1.807, 2.05) is 51.1 Å². The zero-order valence-corrected chi connectivity index (χ0v) is 13.1. The fraction of sp³-hybridized carbons (Fsp3) is 0.500. The third-order valence-electron chi connectivity index (χ3n) is 2.83. The van der Waals surface area contributed by atoms with Crippen molar-refractivity contribution in [3.05, 3.63) is 35.9 Å². The average Bonchev–Trinajstić information content (AvgIpc) is 2.41. The largest absolute Gasteiger partial charge is 0.445 e. The van der Waals surface area contributed by atoms with E-state index in [0.717, 1.165) is 5.56 Å². The van der Waals surface area contributed by atoms with Gasteiger partial charge in [-0.1, -0.05) is 30.3 Å². The van der Waals surface area contributed by atoms with Gasteiger partial charge in [0.2, 0.25) is 0 Å². The first kappa shape index (κ1) is 17.2. The number of ketones is 1. The normalized spacial score (nSPS) is 12.6. The van der Waals surface area contributed by atoms with E-state index in [0.29, 0.717) is 6.54 Å². The van der Waals surface area contributed by atoms with Crippen LogP contribution in [0.4, 0.5) is 4.79 Å². The minimum atomic E-state index is -0.590. The van der Waals surface area contributed by atoms with Crippen molar-refractivity contribution in [3.8, 4) is 0 Å². The van der Waals surface area contributed by atoms with E-state index in [-0.39, 0.29) is 17.9 Å². The summed E-state index contributed by atoms with van der Waals surface area (Å²) >= 11 is 0. The quantitative estimate of drug-likeness (QED) is 0.844. The lowest BCUT2D eigenvalue weighted by atomic mass is 10.1. The minimum Gasteiger partial charge on any atom is -0.445 e. The van der Waals surface area contributed by atoms with Gasteiger partial charge < -0.3 is 15.4 Å². The Hall–Kier alpha value is -1.88. The van der Waals surface area contributed by atoms with Crippen LogP contribution >= 0.6 is 0 Å². The molecular weight excluding hydrogens is 268 g/mol. The Labute approximate surface area is 126 Å². The van der Waals surface area contributed by atoms with Crippen LogP contribution in [0.15, 0.2) is 30.3 Å². The molecule has 1 rings (SSSR count). The van der Waals surface area contributed by atoms with Crippen molar-refractivity contribution in [1.29, 1.82) is 0 Å². The maximum atomic E-state index is 11.7. The highest BCUT2D eigenvalue weighted by Crippen LogP contribution is 2.02. The molecule has 1 amide bonds. The van der Waals surface area contributed by atoms with Crippen molar-refractivity contribution in [3.63, 3.8) is 0 Å². The van der Waals surface area contributed by atoms with Crippen molar-refractivity contribution in [1.82, 2.24) is 10.6 Å². The highest BCUT2D eigenvalue weighted by molar-refractivity contribution is 5.85. The molecule has 116 valence electrons. The summed E-state index contributed by atoms with van der Waals surface area (Å²) in [4.78, 5) is 23.3. The van der Waals surface area contributed by atoms with Crippen LogP contribution in [0, 0.1) is 0 Å². The highest BCUT2D eigenvalue weighted by atomic mass is 16.5. The molecule has 1 atom stereocenters. The SMILES string of the molecule is CC(=O)C(CNC(C)(C)C)NC(=O)OCc1ccccc1. The Morgan fingerprint density at radius 3 is 2.33 bits per heavy atom. The number of hydrogen-bond acceptors (Lipinski definition) is 4. The van der Waals surface area contributed by atoms with Crippen molar-refractivity contribution < 1.29 is 14.3 Å². The van der Waals surface area contributed by atoms with E-state index in [9.17, 15) is 9.59 Å². The molecule has 0 aromatic heterocycles. The Morgan fingerprint density at radius 2 is 1.81 bits per heavy atom. The number of nitrogens with one attached hydrogen (secondary N) is 2. The topological polar surface area (TPSA) is 67.4 Å². The van der Waals surface area contributed by atoms with Crippen molar-refractivity contribution in [2.24, 2.45) is 0 Å². The monoisotopic (exact) mass is 292 g/mol. The summed E-state index contributed by atoms with van der Waals surface area (Å²) in [7, 11) is 0. The Kier molecular flexibility index (Phi) is 6.37. The second-order valence-corrected chi connectivity index (χ2v) is 6.00. The molecule has 0 saturated heterocycles. The zero-order valence-electron chi connectivity index (χ0n) is 13.1. The second kappa shape index (κ2) is 7.78. The lowest BCUT2D eigenvalue weighted by Gasteiger charge is -2.24. The van der Waals surface area contributed by atoms with Crippen LogP contribution in [0.2, 0.25) is 0 Å². The summed E-state index contributed by atoms with van der Waals surface area (Å²) in [5, 5.41) is 5.78. The summed E-state index contributed by atoms with van der Waals surface area (Å²) in [6.07, 6.45) is -0.588. The predicted molar refractivity (Wildman–Crippen MR) is 82.0 cm³/mol. The number of alkyl carbamates (subject to hydrolysis) is 1. The molecule has 0 fully saturated rings. The first-order chi connectivity index (χ1) is 9.78. The Morgan fingerprint density at radius 1 is 1.19 bits per heavy atom. The molecule has 0 heterocycles. The molecule has 0 bridgehead atoms. The van der Waals surface area contributed by atoms with Gasteiger partial charge in [-0.3, -0.25) is 4.79 Å². The lowest BCUT2D eigenvalue weighted by molar-refractivity contribution is -0.118. The Bertz CT molecular complexity index is 466. The molecular formula is C16H24N2O3. The van der Waals surface area contributed by atoms with Crippen LogP contribution in [0.25, 0.3) is 0 Å². The van der Waals surface area contributed by atoms with Crippen LogP contribution in [0.1, 0.15) is 33.3 Å². The number of carbonyl (C=O) groups excluding carboxylic acids is 2. The minimum absolute atomic E-state index is 0.108. The number of carbonyl (C=O) groups is 2. The fourth-order valence-electron chi connectivity index (χ4n) is 1.61. The van der Waals surface area contributed by atoms with Gasteiger partial charge in [0, 0.05) is 12.1 Å². The van der Waals surface area contributed by atoms with Crippen LogP contribution < -0.4 is 10.6 Å². The third-order valence-corrected chi connectivity index (χ3v) is 2.83. The van der Waals surface area contributed by atoms with Gasteiger partial charge in [-0.15, -0.1) is 0 Å². The van der Waals surface area contributed by atoms with Gasteiger partial charge in [0.25, 0.3) is 0 Å². The van der Waals surface area contributed by atoms with Crippen LogP contribution in [0.3, 0.4) is 0 Å². The zero-order chi connectivity index (χ0) is 15.9. The van der Waals surface area contributed by atoms with Gasteiger partial charge in [0.15, 0.2) is 5.78 Å². The number of ether oxygens (including phenoxy) is 1. The van der Waals surface area contributed by atoms with Crippen molar-refractivity contribution in [2.45, 2.75) is 45.9 Å². The average molecular weight is 292 g/mol. The third kappa shape index (κ3) is 7.46. The summed E-state index contributed by atoms with van der Waals surface area (Å²) in [5.41, 5.74) is 0.781. The van der Waals surface area contributed by atoms with E-state index in [4.69, 9.17) is 4.74 Å². The van der Waals surface area contributed by atoms with Gasteiger partial charge in [-0.2, -0.15) is 0 Å². The number of hydrogen-bond donors (Lipinski definition) is 2. The van der Waals surface area contributed by atoms with Gasteiger partial charge in [0.05, 0.1) is 0 Å². The number of benzene rings is 1. The summed E-state index contributed by atoms with van der Waals surface area (Å²) < 4.78 is 5.11. The molecule has 1 unspecified atom stereocenters. The number of rotatable bonds is 6. The van der Waals surface area contributed by atoms with E-state index in [1.165, 1.54) is 6.92 Å². The van der Waals surface area contributed by atoms with Crippen molar-refractivity contribution in [2.75, 3.05) is 6.54 Å². The van der Waals surface area contributed by atoms with Gasteiger partial charge in [-0.05, 0) is 33.3 Å². The molecule has 5 heteroatoms. The number of Topliss-reactive ketones (excluding diaryl/α,β-unsaturated/α-hetero) is 1. The smallest absolute Gasteiger partial charge is 0.408 e. The molecule has 0 saturated carbocycles. The predicted octanol–water partition coefficient (Wildman–Crippen LogP) is 2.26. The van der Waals surface area contributed by atoms with E-state index in [1.54, 1.807) is 0 Å². The maximum absolute atomic E-state index is 11.7. The van der Waals surface area contributed by atoms with Crippen LogP contribution in [0.5, 0.6) is 0 Å². The molecule has 0 radical (unpaired) electrons. The van der Waals surface area contributed by atoms with Crippen molar-refractivity contribution >= 4 is 11.9 Å². The molecule has 2 N–H and O–H groups in total. The summed E-state index contributed by atoms with van der Waals surface area (Å²) in [6.45, 7) is 8.00. The standard InChI is InChI=1S/C16H24N2O3/c1-12(19)14(10-17-16(2,3)4)18-15(20)21-11-13-8-6-5-7-9-13/h5-9,14,17H,10-11H2,1-4H3,(H,18,20). The van der Waals surface area contributed by atoms with Crippen LogP contribution in [-0.4, -0.2) is 30.0 Å². The Balaban J connectivity index is 2.43. The molecule has 1 aromatic carbocycles. The maximum Gasteiger partial charge on any atom is 0.408 e. The lowest BCUT2D eigenvalue weighted by Crippen LogP contribution is -2.50. The van der Waals surface area contributed by atoms with E-state index < -0.39 is 12.1 Å². The molecule has 21 heavy (non-hydrogen) atoms. The molecule has 1 aromatic rings. The second-order valence-electron chi connectivity index (χ2n) is 6.00. The van der Waals surface area contributed by atoms with E-state index in [2.05, 4.69) is 10.6 Å². The molecule has 0 aliphatic heterocycles. The molecule has 5 nitrogen and oxygen atoms in total. The van der Waals surface area contributed by atoms with Gasteiger partial charge in [-0.25, -0.2) is 4.79 Å². The summed E-state index contributed by atoms with van der Waals surface area (Å²) in [5.74, 6) is -0.108. The number of amides is 1. The summed E-state index contributed by atoms with van der Waals surface area (Å²) in [6, 6.07) is 8.80. The highest BCUT2D eigenvalue weighted by Gasteiger charge is 2.20. The van der Waals surface area contributed by atoms with Crippen LogP contribution in [-0.2, 0) is 16.1 Å². The first-order valence-electron chi connectivity index (χ1n) is 7.00. The molecule has 0 aliphatic rings. The van der Waals surface area contributed by atoms with Gasteiger partial charge in [0.1, 0.15) is 12.6 Å². The van der Waals surface area contributed by atoms with E-state index >= 15 is 0 Å².